The van der Waals surface area contributed by atoms with Gasteiger partial charge < -0.3 is 20.3 Å². The SMILES string of the molecule is CCc1cc(Oc2ccc(NC(=O)CC(=O)O)cc2)ccc1O. The predicted octanol–water partition coefficient (Wildman–Crippen LogP) is 3.16. The highest BCUT2D eigenvalue weighted by molar-refractivity contribution is 6.01. The van der Waals surface area contributed by atoms with E-state index in [1.807, 2.05) is 6.92 Å². The third-order valence-electron chi connectivity index (χ3n) is 3.12. The van der Waals surface area contributed by atoms with E-state index >= 15 is 0 Å². The van der Waals surface area contributed by atoms with Crippen LogP contribution in [0.5, 0.6) is 17.2 Å². The third-order valence-corrected chi connectivity index (χ3v) is 3.12. The number of nitrogens with one attached hydrogen (secondary N) is 1. The van der Waals surface area contributed by atoms with Gasteiger partial charge in [0.25, 0.3) is 0 Å². The number of carbonyl (C=O) groups is 2. The average molecular weight is 315 g/mol. The van der Waals surface area contributed by atoms with Crippen molar-refractivity contribution in [1.29, 1.82) is 0 Å². The Labute approximate surface area is 133 Å². The quantitative estimate of drug-likeness (QED) is 0.712. The normalized spacial score (nSPS) is 10.1. The summed E-state index contributed by atoms with van der Waals surface area (Å²) in [6.45, 7) is 1.94. The van der Waals surface area contributed by atoms with Gasteiger partial charge in [-0.3, -0.25) is 9.59 Å². The number of carboxylic acid groups (broad SMARTS) is 1. The van der Waals surface area contributed by atoms with Crippen LogP contribution in [0.1, 0.15) is 18.9 Å². The molecule has 0 aromatic heterocycles. The van der Waals surface area contributed by atoms with E-state index in [0.717, 1.165) is 5.56 Å². The molecular weight excluding hydrogens is 298 g/mol. The fraction of sp³-hybridized carbons (Fsp3) is 0.176. The molecule has 2 aromatic rings. The van der Waals surface area contributed by atoms with Gasteiger partial charge in [-0.2, -0.15) is 0 Å². The van der Waals surface area contributed by atoms with Crippen molar-refractivity contribution < 1.29 is 24.5 Å². The number of phenolic OH excluding ortho intramolecular Hbond substituents is 1. The molecular formula is C17H17NO5. The number of aryl methyl sites for hydroxylation is 1. The van der Waals surface area contributed by atoms with Crippen LogP contribution in [0.25, 0.3) is 0 Å². The first-order valence-electron chi connectivity index (χ1n) is 7.09. The number of benzene rings is 2. The second-order valence-corrected chi connectivity index (χ2v) is 4.89. The highest BCUT2D eigenvalue weighted by Crippen LogP contribution is 2.28. The molecule has 3 N–H and O–H groups in total. The van der Waals surface area contributed by atoms with E-state index in [4.69, 9.17) is 9.84 Å². The minimum absolute atomic E-state index is 0.233. The summed E-state index contributed by atoms with van der Waals surface area (Å²) < 4.78 is 5.68. The Morgan fingerprint density at radius 1 is 1.09 bits per heavy atom. The smallest absolute Gasteiger partial charge is 0.312 e. The first-order chi connectivity index (χ1) is 11.0. The van der Waals surface area contributed by atoms with E-state index in [1.54, 1.807) is 42.5 Å². The molecule has 0 spiro atoms. The van der Waals surface area contributed by atoms with Crippen molar-refractivity contribution in [2.24, 2.45) is 0 Å². The van der Waals surface area contributed by atoms with Crippen molar-refractivity contribution in [2.45, 2.75) is 19.8 Å². The van der Waals surface area contributed by atoms with Crippen molar-refractivity contribution in [3.63, 3.8) is 0 Å². The number of phenols is 1. The third kappa shape index (κ3) is 4.74. The Bertz CT molecular complexity index is 709. The van der Waals surface area contributed by atoms with E-state index < -0.39 is 18.3 Å². The number of aliphatic carboxylic acids is 1. The van der Waals surface area contributed by atoms with Crippen LogP contribution in [0.15, 0.2) is 42.5 Å². The lowest BCUT2D eigenvalue weighted by Crippen LogP contribution is -2.15. The molecule has 0 fully saturated rings. The van der Waals surface area contributed by atoms with Gasteiger partial charge in [-0.25, -0.2) is 0 Å². The molecule has 0 saturated carbocycles. The first kappa shape index (κ1) is 16.4. The Morgan fingerprint density at radius 3 is 2.35 bits per heavy atom. The van der Waals surface area contributed by atoms with Gasteiger partial charge in [0.15, 0.2) is 0 Å². The maximum Gasteiger partial charge on any atom is 0.312 e. The number of rotatable bonds is 6. The highest BCUT2D eigenvalue weighted by Gasteiger charge is 2.08. The number of carbonyl (C=O) groups excluding carboxylic acids is 1. The van der Waals surface area contributed by atoms with Crippen LogP contribution in [-0.2, 0) is 16.0 Å². The molecule has 0 bridgehead atoms. The van der Waals surface area contributed by atoms with Crippen molar-refractivity contribution >= 4 is 17.6 Å². The fourth-order valence-corrected chi connectivity index (χ4v) is 1.99. The Hall–Kier alpha value is -3.02. The van der Waals surface area contributed by atoms with Crippen LogP contribution in [0.4, 0.5) is 5.69 Å². The number of hydrogen-bond acceptors (Lipinski definition) is 4. The van der Waals surface area contributed by atoms with E-state index in [1.165, 1.54) is 0 Å². The minimum atomic E-state index is -1.18. The van der Waals surface area contributed by atoms with Gasteiger partial charge in [0, 0.05) is 5.69 Å². The number of hydrogen-bond donors (Lipinski definition) is 3. The molecule has 6 heteroatoms. The second-order valence-electron chi connectivity index (χ2n) is 4.89. The second kappa shape index (κ2) is 7.31. The van der Waals surface area contributed by atoms with Crippen molar-refractivity contribution in [1.82, 2.24) is 0 Å². The molecule has 0 aliphatic carbocycles. The molecule has 6 nitrogen and oxygen atoms in total. The predicted molar refractivity (Wildman–Crippen MR) is 84.9 cm³/mol. The number of carboxylic acids is 1. The zero-order valence-corrected chi connectivity index (χ0v) is 12.6. The number of ether oxygens (including phenoxy) is 1. The topological polar surface area (TPSA) is 95.9 Å². The van der Waals surface area contributed by atoms with Crippen molar-refractivity contribution in [3.8, 4) is 17.2 Å². The molecule has 0 aliphatic heterocycles. The van der Waals surface area contributed by atoms with E-state index in [-0.39, 0.29) is 5.75 Å². The lowest BCUT2D eigenvalue weighted by molar-refractivity contribution is -0.139. The first-order valence-corrected chi connectivity index (χ1v) is 7.09. The van der Waals surface area contributed by atoms with Crippen LogP contribution in [0.2, 0.25) is 0 Å². The van der Waals surface area contributed by atoms with Gasteiger partial charge in [0.05, 0.1) is 0 Å². The summed E-state index contributed by atoms with van der Waals surface area (Å²) in [5.74, 6) is -0.369. The molecule has 2 aromatic carbocycles. The van der Waals surface area contributed by atoms with E-state index in [2.05, 4.69) is 5.32 Å². The summed E-state index contributed by atoms with van der Waals surface area (Å²) in [4.78, 5) is 21.8. The molecule has 0 heterocycles. The monoisotopic (exact) mass is 315 g/mol. The molecule has 0 atom stereocenters. The molecule has 1 amide bonds. The van der Waals surface area contributed by atoms with Gasteiger partial charge in [-0.1, -0.05) is 6.92 Å². The molecule has 2 rings (SSSR count). The number of amides is 1. The molecule has 0 unspecified atom stereocenters. The number of anilines is 1. The maximum absolute atomic E-state index is 11.4. The Balaban J connectivity index is 2.02. The van der Waals surface area contributed by atoms with Gasteiger partial charge in [0.2, 0.25) is 5.91 Å². The summed E-state index contributed by atoms with van der Waals surface area (Å²) in [6.07, 6.45) is 0.114. The van der Waals surface area contributed by atoms with Crippen molar-refractivity contribution in [2.75, 3.05) is 5.32 Å². The van der Waals surface area contributed by atoms with Crippen LogP contribution in [0.3, 0.4) is 0 Å². The van der Waals surface area contributed by atoms with Crippen LogP contribution < -0.4 is 10.1 Å². The summed E-state index contributed by atoms with van der Waals surface area (Å²) in [6, 6.07) is 11.6. The van der Waals surface area contributed by atoms with E-state index in [0.29, 0.717) is 23.6 Å². The molecule has 23 heavy (non-hydrogen) atoms. The largest absolute Gasteiger partial charge is 0.508 e. The summed E-state index contributed by atoms with van der Waals surface area (Å²) >= 11 is 0. The zero-order chi connectivity index (χ0) is 16.8. The average Bonchev–Trinajstić information content (AvgIpc) is 2.50. The summed E-state index contributed by atoms with van der Waals surface area (Å²) in [5.41, 5.74) is 1.28. The van der Waals surface area contributed by atoms with Gasteiger partial charge >= 0.3 is 5.97 Å². The molecule has 0 saturated heterocycles. The highest BCUT2D eigenvalue weighted by atomic mass is 16.5. The Kier molecular flexibility index (Phi) is 5.19. The van der Waals surface area contributed by atoms with Gasteiger partial charge in [-0.05, 0) is 54.4 Å². The Morgan fingerprint density at radius 2 is 1.74 bits per heavy atom. The number of aromatic hydroxyl groups is 1. The van der Waals surface area contributed by atoms with Gasteiger partial charge in [-0.15, -0.1) is 0 Å². The van der Waals surface area contributed by atoms with E-state index in [9.17, 15) is 14.7 Å². The van der Waals surface area contributed by atoms with Crippen molar-refractivity contribution in [3.05, 3.63) is 48.0 Å². The lowest BCUT2D eigenvalue weighted by Gasteiger charge is -2.09. The lowest BCUT2D eigenvalue weighted by atomic mass is 10.1. The zero-order valence-electron chi connectivity index (χ0n) is 12.6. The standard InChI is InChI=1S/C17H17NO5/c1-2-11-9-14(7-8-15(11)19)23-13-5-3-12(4-6-13)18-16(20)10-17(21)22/h3-9,19H,2,10H2,1H3,(H,18,20)(H,21,22). The fourth-order valence-electron chi connectivity index (χ4n) is 1.99. The van der Waals surface area contributed by atoms with Crippen LogP contribution in [-0.4, -0.2) is 22.1 Å². The van der Waals surface area contributed by atoms with Crippen LogP contribution >= 0.6 is 0 Å². The summed E-state index contributed by atoms with van der Waals surface area (Å²) in [5, 5.41) is 20.7. The minimum Gasteiger partial charge on any atom is -0.508 e. The molecule has 0 aliphatic rings. The van der Waals surface area contributed by atoms with Gasteiger partial charge in [0.1, 0.15) is 23.7 Å². The maximum atomic E-state index is 11.4. The van der Waals surface area contributed by atoms with Crippen LogP contribution in [0, 0.1) is 0 Å². The summed E-state index contributed by atoms with van der Waals surface area (Å²) in [7, 11) is 0. The molecule has 0 radical (unpaired) electrons. The molecule has 120 valence electrons.